The van der Waals surface area contributed by atoms with E-state index in [1.54, 1.807) is 12.4 Å². The monoisotopic (exact) mass is 739 g/mol. The third kappa shape index (κ3) is 4.80. The van der Waals surface area contributed by atoms with Crippen LogP contribution in [0, 0.1) is 0 Å². The molecule has 272 valence electrons. The quantitative estimate of drug-likeness (QED) is 0.168. The number of benzene rings is 9. The molecular weight excluding hydrogens is 703 g/mol. The SMILES string of the molecule is CC1(C)c2cc(-c3ccc(-c4ccc5c(c4)c4ccccc4n5-c4ccccc4)cc3)ccc2-c2ccc(-c3ccc4c(c3)c3ccccc3c3nccnc43)cc21. The molecule has 0 bridgehead atoms. The molecule has 0 saturated heterocycles. The first-order valence-corrected chi connectivity index (χ1v) is 20.1. The first-order valence-electron chi connectivity index (χ1n) is 20.1. The second-order valence-corrected chi connectivity index (χ2v) is 16.2. The lowest BCUT2D eigenvalue weighted by atomic mass is 9.80. The van der Waals surface area contributed by atoms with E-state index in [0.717, 1.165) is 21.8 Å². The number of aromatic nitrogens is 3. The summed E-state index contributed by atoms with van der Waals surface area (Å²) < 4.78 is 2.37. The number of rotatable bonds is 4. The Morgan fingerprint density at radius 1 is 0.362 bits per heavy atom. The zero-order valence-electron chi connectivity index (χ0n) is 32.2. The summed E-state index contributed by atoms with van der Waals surface area (Å²) in [5.74, 6) is 0. The molecule has 0 saturated carbocycles. The van der Waals surface area contributed by atoms with Crippen LogP contribution in [0.5, 0.6) is 0 Å². The molecule has 0 aliphatic heterocycles. The molecule has 1 aliphatic carbocycles. The normalized spacial score (nSPS) is 13.1. The number of hydrogen-bond donors (Lipinski definition) is 0. The molecule has 11 aromatic rings. The van der Waals surface area contributed by atoms with Gasteiger partial charge in [0.2, 0.25) is 0 Å². The van der Waals surface area contributed by atoms with Crippen LogP contribution in [0.2, 0.25) is 0 Å². The third-order valence-corrected chi connectivity index (χ3v) is 12.7. The molecule has 1 aliphatic rings. The second kappa shape index (κ2) is 12.3. The van der Waals surface area contributed by atoms with Gasteiger partial charge >= 0.3 is 0 Å². The highest BCUT2D eigenvalue weighted by molar-refractivity contribution is 6.23. The zero-order chi connectivity index (χ0) is 38.5. The van der Waals surface area contributed by atoms with Gasteiger partial charge in [0.25, 0.3) is 0 Å². The topological polar surface area (TPSA) is 30.7 Å². The minimum Gasteiger partial charge on any atom is -0.309 e. The predicted molar refractivity (Wildman–Crippen MR) is 243 cm³/mol. The standard InChI is InChI=1S/C55H37N3/c1-55(2)49-32-38(35-18-16-34(17-19-35)36-23-27-52-48(31-36)44-13-8-9-15-51(44)58(52)40-10-4-3-5-11-40)20-24-42(49)43-25-21-39(33-50(43)55)37-22-26-46-47(30-37)41-12-6-7-14-45(41)53-54(46)57-29-28-56-53/h3-33H,1-2H3. The fourth-order valence-electron chi connectivity index (χ4n) is 9.77. The fourth-order valence-corrected chi connectivity index (χ4v) is 9.77. The van der Waals surface area contributed by atoms with E-state index in [1.807, 2.05) is 0 Å². The van der Waals surface area contributed by atoms with E-state index in [2.05, 4.69) is 194 Å². The average molecular weight is 740 g/mol. The van der Waals surface area contributed by atoms with Crippen molar-refractivity contribution in [2.24, 2.45) is 0 Å². The van der Waals surface area contributed by atoms with E-state index in [1.165, 1.54) is 93.9 Å². The van der Waals surface area contributed by atoms with Crippen molar-refractivity contribution in [2.45, 2.75) is 19.3 Å². The van der Waals surface area contributed by atoms with E-state index in [4.69, 9.17) is 9.97 Å². The van der Waals surface area contributed by atoms with Crippen LogP contribution >= 0.6 is 0 Å². The minimum atomic E-state index is -0.152. The maximum atomic E-state index is 4.76. The van der Waals surface area contributed by atoms with Crippen molar-refractivity contribution in [3.63, 3.8) is 0 Å². The van der Waals surface area contributed by atoms with E-state index in [9.17, 15) is 0 Å². The van der Waals surface area contributed by atoms with Gasteiger partial charge < -0.3 is 4.57 Å². The van der Waals surface area contributed by atoms with E-state index >= 15 is 0 Å². The first kappa shape index (κ1) is 32.8. The van der Waals surface area contributed by atoms with Crippen LogP contribution in [0.15, 0.2) is 188 Å². The zero-order valence-corrected chi connectivity index (χ0v) is 32.2. The highest BCUT2D eigenvalue weighted by atomic mass is 15.0. The fraction of sp³-hybridized carbons (Fsp3) is 0.0545. The molecule has 12 rings (SSSR count). The summed E-state index contributed by atoms with van der Waals surface area (Å²) in [6, 6.07) is 64.8. The molecule has 0 fully saturated rings. The molecule has 0 unspecified atom stereocenters. The summed E-state index contributed by atoms with van der Waals surface area (Å²) >= 11 is 0. The average Bonchev–Trinajstić information content (AvgIpc) is 3.74. The van der Waals surface area contributed by atoms with Crippen molar-refractivity contribution >= 4 is 54.4 Å². The Kier molecular flexibility index (Phi) is 6.98. The Balaban J connectivity index is 0.881. The minimum absolute atomic E-state index is 0.152. The van der Waals surface area contributed by atoms with E-state index in [-0.39, 0.29) is 5.41 Å². The van der Waals surface area contributed by atoms with Gasteiger partial charge in [-0.1, -0.05) is 141 Å². The maximum absolute atomic E-state index is 4.76. The van der Waals surface area contributed by atoms with E-state index < -0.39 is 0 Å². The summed E-state index contributed by atoms with van der Waals surface area (Å²) in [4.78, 5) is 9.48. The smallest absolute Gasteiger partial charge is 0.0971 e. The van der Waals surface area contributed by atoms with Crippen molar-refractivity contribution in [1.82, 2.24) is 14.5 Å². The Hall–Kier alpha value is -7.36. The molecule has 0 spiro atoms. The highest BCUT2D eigenvalue weighted by Gasteiger charge is 2.36. The van der Waals surface area contributed by atoms with Crippen molar-refractivity contribution in [2.75, 3.05) is 0 Å². The van der Waals surface area contributed by atoms with Crippen LogP contribution in [0.25, 0.3) is 105 Å². The van der Waals surface area contributed by atoms with Gasteiger partial charge in [-0.2, -0.15) is 0 Å². The molecule has 3 nitrogen and oxygen atoms in total. The number of para-hydroxylation sites is 2. The molecule has 2 heterocycles. The second-order valence-electron chi connectivity index (χ2n) is 16.2. The number of fused-ring (bicyclic) bond motifs is 12. The summed E-state index contributed by atoms with van der Waals surface area (Å²) in [5.41, 5.74) is 18.1. The molecular formula is C55H37N3. The van der Waals surface area contributed by atoms with Gasteiger partial charge in [-0.3, -0.25) is 9.97 Å². The molecule has 0 N–H and O–H groups in total. The van der Waals surface area contributed by atoms with Gasteiger partial charge in [-0.25, -0.2) is 0 Å². The van der Waals surface area contributed by atoms with Crippen LogP contribution in [0.1, 0.15) is 25.0 Å². The summed E-state index contributed by atoms with van der Waals surface area (Å²) in [6.07, 6.45) is 3.58. The molecule has 9 aromatic carbocycles. The third-order valence-electron chi connectivity index (χ3n) is 12.7. The molecule has 0 radical (unpaired) electrons. The molecule has 58 heavy (non-hydrogen) atoms. The molecule has 3 heteroatoms. The number of hydrogen-bond acceptors (Lipinski definition) is 2. The highest BCUT2D eigenvalue weighted by Crippen LogP contribution is 2.51. The van der Waals surface area contributed by atoms with Crippen LogP contribution in [-0.2, 0) is 5.41 Å². The van der Waals surface area contributed by atoms with Gasteiger partial charge in [0, 0.05) is 45.0 Å². The largest absolute Gasteiger partial charge is 0.309 e. The summed E-state index contributed by atoms with van der Waals surface area (Å²) in [6.45, 7) is 4.75. The van der Waals surface area contributed by atoms with Crippen molar-refractivity contribution in [1.29, 1.82) is 0 Å². The Morgan fingerprint density at radius 2 is 0.828 bits per heavy atom. The lowest BCUT2D eigenvalue weighted by Gasteiger charge is -2.23. The maximum Gasteiger partial charge on any atom is 0.0971 e. The van der Waals surface area contributed by atoms with Crippen LogP contribution < -0.4 is 0 Å². The van der Waals surface area contributed by atoms with Crippen molar-refractivity contribution < 1.29 is 0 Å². The Bertz CT molecular complexity index is 3430. The Morgan fingerprint density at radius 3 is 1.52 bits per heavy atom. The van der Waals surface area contributed by atoms with Gasteiger partial charge in [-0.05, 0) is 115 Å². The van der Waals surface area contributed by atoms with Crippen molar-refractivity contribution in [3.8, 4) is 50.2 Å². The van der Waals surface area contributed by atoms with Gasteiger partial charge in [0.15, 0.2) is 0 Å². The van der Waals surface area contributed by atoms with Gasteiger partial charge in [-0.15, -0.1) is 0 Å². The molecule has 0 atom stereocenters. The van der Waals surface area contributed by atoms with Crippen LogP contribution in [-0.4, -0.2) is 14.5 Å². The summed E-state index contributed by atoms with van der Waals surface area (Å²) in [7, 11) is 0. The van der Waals surface area contributed by atoms with Gasteiger partial charge in [0.1, 0.15) is 0 Å². The molecule has 2 aromatic heterocycles. The first-order chi connectivity index (χ1) is 28.5. The lowest BCUT2D eigenvalue weighted by molar-refractivity contribution is 0.661. The van der Waals surface area contributed by atoms with Crippen LogP contribution in [0.3, 0.4) is 0 Å². The molecule has 0 amide bonds. The number of nitrogens with zero attached hydrogens (tertiary/aromatic N) is 3. The van der Waals surface area contributed by atoms with E-state index in [0.29, 0.717) is 0 Å². The van der Waals surface area contributed by atoms with Crippen LogP contribution in [0.4, 0.5) is 0 Å². The lowest BCUT2D eigenvalue weighted by Crippen LogP contribution is -2.15. The predicted octanol–water partition coefficient (Wildman–Crippen LogP) is 14.3. The Labute approximate surface area is 336 Å². The van der Waals surface area contributed by atoms with Crippen molar-refractivity contribution in [3.05, 3.63) is 199 Å². The summed E-state index contributed by atoms with van der Waals surface area (Å²) in [5, 5.41) is 7.21. The van der Waals surface area contributed by atoms with Gasteiger partial charge in [0.05, 0.1) is 22.1 Å².